The van der Waals surface area contributed by atoms with Gasteiger partial charge in [0, 0.05) is 11.9 Å². The third-order valence-corrected chi connectivity index (χ3v) is 1.31. The highest BCUT2D eigenvalue weighted by Gasteiger charge is 1.83. The average Bonchev–Trinajstić information content (AvgIpc) is 1.84. The molecule has 1 aliphatic heterocycles. The summed E-state index contributed by atoms with van der Waals surface area (Å²) in [4.78, 5) is 4.14. The van der Waals surface area contributed by atoms with Crippen LogP contribution in [0, 0.1) is 0 Å². The molecular weight excluding hydrogens is 122 g/mol. The lowest BCUT2D eigenvalue weighted by molar-refractivity contribution is 1.31. The van der Waals surface area contributed by atoms with E-state index in [1.54, 1.807) is 0 Å². The molecule has 1 rings (SSSR count). The van der Waals surface area contributed by atoms with Crippen molar-refractivity contribution in [3.05, 3.63) is 35.6 Å². The van der Waals surface area contributed by atoms with E-state index in [2.05, 4.69) is 18.0 Å². The number of hydrogen-bond acceptors (Lipinski definition) is 1. The van der Waals surface area contributed by atoms with Crippen LogP contribution in [0.4, 0.5) is 0 Å². The first-order valence-corrected chi connectivity index (χ1v) is 3.35. The third-order valence-electron chi connectivity index (χ3n) is 1.31. The van der Waals surface area contributed by atoms with E-state index >= 15 is 0 Å². The normalized spacial score (nSPS) is 34.2. The molecule has 0 aromatic carbocycles. The molecule has 0 spiro atoms. The van der Waals surface area contributed by atoms with Crippen molar-refractivity contribution in [3.8, 4) is 0 Å². The lowest BCUT2D eigenvalue weighted by Gasteiger charge is -1.92. The van der Waals surface area contributed by atoms with Gasteiger partial charge in [-0.3, -0.25) is 4.99 Å². The van der Waals surface area contributed by atoms with Gasteiger partial charge in [0.25, 0.3) is 0 Å². The molecule has 52 valence electrons. The molecule has 1 nitrogen and oxygen atoms in total. The summed E-state index contributed by atoms with van der Waals surface area (Å²) in [6, 6.07) is 0. The maximum atomic E-state index is 4.14. The van der Waals surface area contributed by atoms with Crippen molar-refractivity contribution < 1.29 is 0 Å². The fourth-order valence-corrected chi connectivity index (χ4v) is 0.710. The molecule has 0 amide bonds. The summed E-state index contributed by atoms with van der Waals surface area (Å²) < 4.78 is 0. The molecule has 10 heavy (non-hydrogen) atoms. The summed E-state index contributed by atoms with van der Waals surface area (Å²) in [5, 5.41) is 0. The minimum absolute atomic E-state index is 1.04. The molecule has 0 unspecified atom stereocenters. The van der Waals surface area contributed by atoms with E-state index in [1.807, 2.05) is 31.4 Å². The quantitative estimate of drug-likeness (QED) is 0.481. The van der Waals surface area contributed by atoms with Crippen LogP contribution >= 0.6 is 0 Å². The molecule has 0 aromatic rings. The minimum Gasteiger partial charge on any atom is -0.262 e. The molecule has 0 aromatic heterocycles. The molecule has 0 saturated heterocycles. The Balaban J connectivity index is 2.84. The topological polar surface area (TPSA) is 12.4 Å². The predicted molar refractivity (Wildman–Crippen MR) is 45.1 cm³/mol. The molecular formula is C9H11N. The largest absolute Gasteiger partial charge is 0.262 e. The van der Waals surface area contributed by atoms with E-state index in [9.17, 15) is 0 Å². The van der Waals surface area contributed by atoms with Crippen LogP contribution in [0.25, 0.3) is 0 Å². The number of hydrogen-bond donors (Lipinski definition) is 0. The number of nitrogens with zero attached hydrogens (tertiary/aromatic N) is 1. The molecule has 0 atom stereocenters. The van der Waals surface area contributed by atoms with Crippen LogP contribution in [-0.2, 0) is 0 Å². The second-order valence-corrected chi connectivity index (χ2v) is 2.36. The van der Waals surface area contributed by atoms with Crippen LogP contribution in [0.2, 0.25) is 0 Å². The zero-order chi connectivity index (χ0) is 7.40. The molecule has 0 bridgehead atoms. The number of allylic oxidation sites excluding steroid dienone is 6. The smallest absolute Gasteiger partial charge is 0.0372 e. The maximum absolute atomic E-state index is 4.14. The highest BCUT2D eigenvalue weighted by Crippen LogP contribution is 2.01. The second-order valence-electron chi connectivity index (χ2n) is 2.36. The molecule has 1 heteroatoms. The molecule has 0 saturated carbocycles. The van der Waals surface area contributed by atoms with Gasteiger partial charge in [0.2, 0.25) is 0 Å². The van der Waals surface area contributed by atoms with E-state index in [-0.39, 0.29) is 0 Å². The molecule has 0 N–H and O–H groups in total. The van der Waals surface area contributed by atoms with Gasteiger partial charge in [-0.2, -0.15) is 0 Å². The van der Waals surface area contributed by atoms with Crippen molar-refractivity contribution in [3.63, 3.8) is 0 Å². The van der Waals surface area contributed by atoms with Gasteiger partial charge in [0.05, 0.1) is 0 Å². The SMILES string of the molecule is CC1=C/C=N\C(C)=C\C=C\1. The molecule has 0 fully saturated rings. The monoisotopic (exact) mass is 133 g/mol. The van der Waals surface area contributed by atoms with Gasteiger partial charge >= 0.3 is 0 Å². The zero-order valence-electron chi connectivity index (χ0n) is 6.33. The fraction of sp³-hybridized carbons (Fsp3) is 0.222. The standard InChI is InChI=1S/C9H11N/c1-8-4-3-5-9(2)10-7-6-8/h3-7H,1-2H3/b4-3+,5-3?,7-6?,8-4?,8-6-,9-5+,10-7-,10-9?. The van der Waals surface area contributed by atoms with Crippen LogP contribution in [-0.4, -0.2) is 6.21 Å². The summed E-state index contributed by atoms with van der Waals surface area (Å²) >= 11 is 0. The lowest BCUT2D eigenvalue weighted by atomic mass is 10.2. The van der Waals surface area contributed by atoms with E-state index in [1.165, 1.54) is 5.57 Å². The van der Waals surface area contributed by atoms with Crippen molar-refractivity contribution in [2.75, 3.05) is 0 Å². The second kappa shape index (κ2) is 3.16. The van der Waals surface area contributed by atoms with Crippen LogP contribution < -0.4 is 0 Å². The van der Waals surface area contributed by atoms with Crippen LogP contribution in [0.5, 0.6) is 0 Å². The van der Waals surface area contributed by atoms with Crippen LogP contribution in [0.3, 0.4) is 0 Å². The van der Waals surface area contributed by atoms with Gasteiger partial charge in [-0.05, 0) is 31.6 Å². The fourth-order valence-electron chi connectivity index (χ4n) is 0.710. The van der Waals surface area contributed by atoms with Crippen LogP contribution in [0.1, 0.15) is 13.8 Å². The Morgan fingerprint density at radius 2 is 2.00 bits per heavy atom. The van der Waals surface area contributed by atoms with Gasteiger partial charge in [-0.1, -0.05) is 12.2 Å². The van der Waals surface area contributed by atoms with Gasteiger partial charge < -0.3 is 0 Å². The summed E-state index contributed by atoms with van der Waals surface area (Å²) in [6.45, 7) is 4.03. The number of aliphatic imine (C=N–C) groups is 1. The van der Waals surface area contributed by atoms with Gasteiger partial charge in [-0.25, -0.2) is 0 Å². The van der Waals surface area contributed by atoms with E-state index in [0.717, 1.165) is 5.70 Å². The van der Waals surface area contributed by atoms with Crippen molar-refractivity contribution in [2.24, 2.45) is 4.99 Å². The summed E-state index contributed by atoms with van der Waals surface area (Å²) in [5.74, 6) is 0. The Bertz CT molecular complexity index is 203. The first-order chi connectivity index (χ1) is 4.79. The average molecular weight is 133 g/mol. The Morgan fingerprint density at radius 1 is 1.20 bits per heavy atom. The number of rotatable bonds is 0. The highest BCUT2D eigenvalue weighted by molar-refractivity contribution is 5.74. The first-order valence-electron chi connectivity index (χ1n) is 3.35. The van der Waals surface area contributed by atoms with E-state index in [4.69, 9.17) is 0 Å². The van der Waals surface area contributed by atoms with Gasteiger partial charge in [0.1, 0.15) is 0 Å². The van der Waals surface area contributed by atoms with Crippen molar-refractivity contribution in [1.82, 2.24) is 0 Å². The Kier molecular flexibility index (Phi) is 2.21. The molecule has 0 radical (unpaired) electrons. The minimum atomic E-state index is 1.04. The van der Waals surface area contributed by atoms with E-state index < -0.39 is 0 Å². The van der Waals surface area contributed by atoms with Gasteiger partial charge in [0.15, 0.2) is 0 Å². The Labute approximate surface area is 61.5 Å². The lowest BCUT2D eigenvalue weighted by Crippen LogP contribution is -1.76. The summed E-state index contributed by atoms with van der Waals surface area (Å²) in [5.41, 5.74) is 2.27. The van der Waals surface area contributed by atoms with Crippen molar-refractivity contribution >= 4 is 6.21 Å². The van der Waals surface area contributed by atoms with Crippen molar-refractivity contribution in [2.45, 2.75) is 13.8 Å². The summed E-state index contributed by atoms with van der Waals surface area (Å²) in [7, 11) is 0. The Hall–Kier alpha value is -1.11. The zero-order valence-corrected chi connectivity index (χ0v) is 6.33. The highest BCUT2D eigenvalue weighted by atomic mass is 14.7. The summed E-state index contributed by atoms with van der Waals surface area (Å²) in [6.07, 6.45) is 9.89. The molecule has 1 heterocycles. The van der Waals surface area contributed by atoms with Crippen LogP contribution in [0.15, 0.2) is 40.6 Å². The third kappa shape index (κ3) is 2.02. The Morgan fingerprint density at radius 3 is 2.80 bits per heavy atom. The molecule has 0 aliphatic carbocycles. The van der Waals surface area contributed by atoms with E-state index in [0.29, 0.717) is 0 Å². The van der Waals surface area contributed by atoms with Gasteiger partial charge in [-0.15, -0.1) is 0 Å². The molecule has 1 aliphatic rings. The maximum Gasteiger partial charge on any atom is 0.0372 e. The first kappa shape index (κ1) is 7.00. The predicted octanol–water partition coefficient (Wildman–Crippen LogP) is 2.48. The van der Waals surface area contributed by atoms with Crippen molar-refractivity contribution in [1.29, 1.82) is 0 Å².